The molecule has 0 aromatic heterocycles. The van der Waals surface area contributed by atoms with Gasteiger partial charge in [-0.2, -0.15) is 0 Å². The van der Waals surface area contributed by atoms with Crippen molar-refractivity contribution < 1.29 is 5.11 Å². The average molecular weight is 249 g/mol. The van der Waals surface area contributed by atoms with Gasteiger partial charge in [0.2, 0.25) is 0 Å². The van der Waals surface area contributed by atoms with E-state index in [-0.39, 0.29) is 17.4 Å². The maximum atomic E-state index is 10.4. The standard InChI is InChI=1S/C16H27NO/c1-11-6-7-13(8-12(11)2)14(10-17)15(18)9-16(3,4)5/h6-8,14-15,18H,9-10,17H2,1-5H3. The molecule has 2 heteroatoms. The molecule has 18 heavy (non-hydrogen) atoms. The number of hydrogen-bond donors (Lipinski definition) is 2. The normalized spacial score (nSPS) is 15.5. The molecule has 3 N–H and O–H groups in total. The van der Waals surface area contributed by atoms with Gasteiger partial charge in [0.05, 0.1) is 6.10 Å². The van der Waals surface area contributed by atoms with E-state index in [9.17, 15) is 5.11 Å². The summed E-state index contributed by atoms with van der Waals surface area (Å²) in [5.74, 6) is 0.0310. The van der Waals surface area contributed by atoms with Gasteiger partial charge in [-0.3, -0.25) is 0 Å². The van der Waals surface area contributed by atoms with Crippen molar-refractivity contribution in [2.45, 2.75) is 53.1 Å². The summed E-state index contributed by atoms with van der Waals surface area (Å²) < 4.78 is 0. The Hall–Kier alpha value is -0.860. The number of benzene rings is 1. The Balaban J connectivity index is 2.91. The highest BCUT2D eigenvalue weighted by molar-refractivity contribution is 5.32. The van der Waals surface area contributed by atoms with Gasteiger partial charge in [0, 0.05) is 12.5 Å². The smallest absolute Gasteiger partial charge is 0.0625 e. The fourth-order valence-corrected chi connectivity index (χ4v) is 2.28. The molecule has 0 spiro atoms. The summed E-state index contributed by atoms with van der Waals surface area (Å²) >= 11 is 0. The molecule has 0 aliphatic carbocycles. The summed E-state index contributed by atoms with van der Waals surface area (Å²) in [5, 5.41) is 10.4. The highest BCUT2D eigenvalue weighted by Gasteiger charge is 2.25. The van der Waals surface area contributed by atoms with Crippen LogP contribution in [0.2, 0.25) is 0 Å². The molecule has 2 atom stereocenters. The van der Waals surface area contributed by atoms with Crippen molar-refractivity contribution in [1.29, 1.82) is 0 Å². The zero-order valence-corrected chi connectivity index (χ0v) is 12.3. The van der Waals surface area contributed by atoms with Gasteiger partial charge in [-0.15, -0.1) is 0 Å². The number of nitrogens with two attached hydrogens (primary N) is 1. The SMILES string of the molecule is Cc1ccc(C(CN)C(O)CC(C)(C)C)cc1C. The van der Waals surface area contributed by atoms with E-state index in [1.165, 1.54) is 11.1 Å². The van der Waals surface area contributed by atoms with E-state index in [1.54, 1.807) is 0 Å². The summed E-state index contributed by atoms with van der Waals surface area (Å²) in [6.07, 6.45) is 0.388. The molecule has 2 nitrogen and oxygen atoms in total. The first-order chi connectivity index (χ1) is 8.24. The quantitative estimate of drug-likeness (QED) is 0.861. The van der Waals surface area contributed by atoms with Crippen LogP contribution in [0.1, 0.15) is 49.8 Å². The molecule has 0 saturated carbocycles. The summed E-state index contributed by atoms with van der Waals surface area (Å²) in [7, 11) is 0. The third-order valence-corrected chi connectivity index (χ3v) is 3.50. The Morgan fingerprint density at radius 1 is 1.17 bits per heavy atom. The molecule has 2 unspecified atom stereocenters. The summed E-state index contributed by atoms with van der Waals surface area (Å²) in [6.45, 7) is 11.1. The van der Waals surface area contributed by atoms with Crippen molar-refractivity contribution in [3.63, 3.8) is 0 Å². The summed E-state index contributed by atoms with van der Waals surface area (Å²) in [6, 6.07) is 6.35. The van der Waals surface area contributed by atoms with Crippen LogP contribution in [0.5, 0.6) is 0 Å². The predicted octanol–water partition coefficient (Wildman–Crippen LogP) is 3.14. The lowest BCUT2D eigenvalue weighted by atomic mass is 9.81. The first kappa shape index (κ1) is 15.2. The van der Waals surface area contributed by atoms with Crippen LogP contribution in [0, 0.1) is 19.3 Å². The van der Waals surface area contributed by atoms with Crippen molar-refractivity contribution in [3.05, 3.63) is 34.9 Å². The minimum Gasteiger partial charge on any atom is -0.392 e. The number of rotatable bonds is 4. The fraction of sp³-hybridized carbons (Fsp3) is 0.625. The summed E-state index contributed by atoms with van der Waals surface area (Å²) in [5.41, 5.74) is 9.66. The van der Waals surface area contributed by atoms with Gasteiger partial charge in [-0.1, -0.05) is 39.0 Å². The third-order valence-electron chi connectivity index (χ3n) is 3.50. The van der Waals surface area contributed by atoms with Gasteiger partial charge in [0.1, 0.15) is 0 Å². The molecule has 1 rings (SSSR count). The Morgan fingerprint density at radius 2 is 1.78 bits per heavy atom. The van der Waals surface area contributed by atoms with E-state index in [4.69, 9.17) is 5.73 Å². The Bertz CT molecular complexity index is 393. The molecule has 0 fully saturated rings. The molecule has 102 valence electrons. The third kappa shape index (κ3) is 4.11. The minimum absolute atomic E-state index is 0.0310. The molecule has 0 bridgehead atoms. The van der Waals surface area contributed by atoms with Gasteiger partial charge >= 0.3 is 0 Å². The summed E-state index contributed by atoms with van der Waals surface area (Å²) in [4.78, 5) is 0. The highest BCUT2D eigenvalue weighted by Crippen LogP contribution is 2.29. The van der Waals surface area contributed by atoms with Crippen molar-refractivity contribution in [2.24, 2.45) is 11.1 Å². The second-order valence-electron chi connectivity index (χ2n) is 6.52. The van der Waals surface area contributed by atoms with Crippen LogP contribution >= 0.6 is 0 Å². The van der Waals surface area contributed by atoms with E-state index in [0.29, 0.717) is 6.54 Å². The van der Waals surface area contributed by atoms with Gasteiger partial charge in [-0.25, -0.2) is 0 Å². The Morgan fingerprint density at radius 3 is 2.22 bits per heavy atom. The van der Waals surface area contributed by atoms with E-state index in [2.05, 4.69) is 52.8 Å². The lowest BCUT2D eigenvalue weighted by Gasteiger charge is -2.28. The van der Waals surface area contributed by atoms with Crippen LogP contribution in [0.25, 0.3) is 0 Å². The molecule has 0 aliphatic rings. The molecule has 1 aromatic carbocycles. The molecule has 0 aliphatic heterocycles. The fourth-order valence-electron chi connectivity index (χ4n) is 2.28. The predicted molar refractivity (Wildman–Crippen MR) is 77.8 cm³/mol. The number of aryl methyl sites for hydroxylation is 2. The zero-order chi connectivity index (χ0) is 13.9. The van der Waals surface area contributed by atoms with Crippen LogP contribution in [-0.4, -0.2) is 17.8 Å². The number of aliphatic hydroxyl groups is 1. The van der Waals surface area contributed by atoms with Crippen molar-refractivity contribution in [1.82, 2.24) is 0 Å². The average Bonchev–Trinajstić information content (AvgIpc) is 2.21. The van der Waals surface area contributed by atoms with Crippen LogP contribution < -0.4 is 5.73 Å². The van der Waals surface area contributed by atoms with Crippen molar-refractivity contribution in [2.75, 3.05) is 6.54 Å². The van der Waals surface area contributed by atoms with Gasteiger partial charge in [0.25, 0.3) is 0 Å². The maximum absolute atomic E-state index is 10.4. The van der Waals surface area contributed by atoms with E-state index >= 15 is 0 Å². The number of aliphatic hydroxyl groups excluding tert-OH is 1. The Kier molecular flexibility index (Phi) is 4.94. The largest absolute Gasteiger partial charge is 0.392 e. The molecule has 0 saturated heterocycles. The van der Waals surface area contributed by atoms with E-state index in [0.717, 1.165) is 12.0 Å². The van der Waals surface area contributed by atoms with Gasteiger partial charge in [-0.05, 0) is 42.4 Å². The molecular formula is C16H27NO. The van der Waals surface area contributed by atoms with Crippen LogP contribution in [0.4, 0.5) is 0 Å². The van der Waals surface area contributed by atoms with Crippen molar-refractivity contribution in [3.8, 4) is 0 Å². The monoisotopic (exact) mass is 249 g/mol. The second kappa shape index (κ2) is 5.85. The Labute approximate surface area is 111 Å². The zero-order valence-electron chi connectivity index (χ0n) is 12.3. The molecular weight excluding hydrogens is 222 g/mol. The van der Waals surface area contributed by atoms with Gasteiger partial charge < -0.3 is 10.8 Å². The molecule has 0 heterocycles. The van der Waals surface area contributed by atoms with Crippen molar-refractivity contribution >= 4 is 0 Å². The molecule has 0 radical (unpaired) electrons. The maximum Gasteiger partial charge on any atom is 0.0625 e. The van der Waals surface area contributed by atoms with E-state index < -0.39 is 0 Å². The van der Waals surface area contributed by atoms with Gasteiger partial charge in [0.15, 0.2) is 0 Å². The lowest BCUT2D eigenvalue weighted by Crippen LogP contribution is -2.29. The lowest BCUT2D eigenvalue weighted by molar-refractivity contribution is 0.0972. The molecule has 0 amide bonds. The topological polar surface area (TPSA) is 46.2 Å². The van der Waals surface area contributed by atoms with Crippen LogP contribution in [0.15, 0.2) is 18.2 Å². The first-order valence-corrected chi connectivity index (χ1v) is 6.70. The molecule has 1 aromatic rings. The first-order valence-electron chi connectivity index (χ1n) is 6.70. The second-order valence-corrected chi connectivity index (χ2v) is 6.52. The highest BCUT2D eigenvalue weighted by atomic mass is 16.3. The van der Waals surface area contributed by atoms with E-state index in [1.807, 2.05) is 0 Å². The minimum atomic E-state index is -0.378. The van der Waals surface area contributed by atoms with Crippen LogP contribution in [-0.2, 0) is 0 Å². The number of hydrogen-bond acceptors (Lipinski definition) is 2. The van der Waals surface area contributed by atoms with Crippen LogP contribution in [0.3, 0.4) is 0 Å².